The number of halogens is 4. The molecular formula is C21H22ClF3N6O2S. The van der Waals surface area contributed by atoms with Gasteiger partial charge < -0.3 is 15.4 Å². The van der Waals surface area contributed by atoms with Crippen LogP contribution in [0.25, 0.3) is 5.82 Å². The fraction of sp³-hybridized carbons (Fsp3) is 0.333. The lowest BCUT2D eigenvalue weighted by molar-refractivity contribution is -0.138. The predicted molar refractivity (Wildman–Crippen MR) is 125 cm³/mol. The second-order valence-electron chi connectivity index (χ2n) is 7.52. The number of aromatic nitrogens is 4. The maximum atomic E-state index is 13.3. The summed E-state index contributed by atoms with van der Waals surface area (Å²) in [7, 11) is 0. The summed E-state index contributed by atoms with van der Waals surface area (Å²) in [5, 5.41) is 5.57. The summed E-state index contributed by atoms with van der Waals surface area (Å²) in [6, 6.07) is 3.60. The number of hydrogen-bond donors (Lipinski definition) is 2. The maximum Gasteiger partial charge on any atom is 0.416 e. The molecule has 1 amide bonds. The molecule has 1 unspecified atom stereocenters. The van der Waals surface area contributed by atoms with Crippen molar-refractivity contribution < 1.29 is 22.7 Å². The largest absolute Gasteiger partial charge is 0.416 e. The number of nitrogens with zero attached hydrogens (tertiary/aromatic N) is 4. The van der Waals surface area contributed by atoms with Crippen molar-refractivity contribution in [1.82, 2.24) is 24.8 Å². The molecule has 8 nitrogen and oxygen atoms in total. The monoisotopic (exact) mass is 514 g/mol. The van der Waals surface area contributed by atoms with Gasteiger partial charge in [-0.15, -0.1) is 0 Å². The number of rotatable bonds is 6. The second kappa shape index (κ2) is 10.6. The number of anilines is 1. The number of amides is 1. The van der Waals surface area contributed by atoms with Crippen LogP contribution in [0.4, 0.5) is 19.1 Å². The number of alkyl halides is 3. The van der Waals surface area contributed by atoms with E-state index in [-0.39, 0.29) is 35.8 Å². The van der Waals surface area contributed by atoms with E-state index < -0.39 is 24.2 Å². The molecule has 2 aromatic heterocycles. The smallest absolute Gasteiger partial charge is 0.379 e. The number of carbonyl (C=O) groups excluding carboxylic acids is 1. The van der Waals surface area contributed by atoms with Crippen molar-refractivity contribution in [2.45, 2.75) is 32.1 Å². The maximum absolute atomic E-state index is 13.3. The highest BCUT2D eigenvalue weighted by Gasteiger charge is 2.34. The van der Waals surface area contributed by atoms with Gasteiger partial charge in [-0.2, -0.15) is 31.7 Å². The normalized spacial score (nSPS) is 15.6. The summed E-state index contributed by atoms with van der Waals surface area (Å²) in [6.45, 7) is 2.66. The van der Waals surface area contributed by atoms with Gasteiger partial charge in [0.15, 0.2) is 0 Å². The first-order valence-electron chi connectivity index (χ1n) is 10.1. The number of carbonyl (C=O) groups is 1. The Morgan fingerprint density at radius 1 is 1.32 bits per heavy atom. The van der Waals surface area contributed by atoms with E-state index in [9.17, 15) is 18.0 Å². The van der Waals surface area contributed by atoms with Gasteiger partial charge in [-0.3, -0.25) is 9.36 Å². The Labute approximate surface area is 205 Å². The SMILES string of the molecule is Cc1cnc(NC2CCOC2)nc1-n1cnc(C(=O)NCc2c(Cl)cccc2C(F)(F)F)c1.S. The third-order valence-electron chi connectivity index (χ3n) is 5.12. The quantitative estimate of drug-likeness (QED) is 0.518. The molecule has 1 atom stereocenters. The van der Waals surface area contributed by atoms with Gasteiger partial charge in [-0.1, -0.05) is 17.7 Å². The highest BCUT2D eigenvalue weighted by Crippen LogP contribution is 2.34. The minimum Gasteiger partial charge on any atom is -0.379 e. The Morgan fingerprint density at radius 3 is 2.82 bits per heavy atom. The number of ether oxygens (including phenoxy) is 1. The average molecular weight is 515 g/mol. The van der Waals surface area contributed by atoms with Crippen LogP contribution in [-0.2, 0) is 17.5 Å². The lowest BCUT2D eigenvalue weighted by atomic mass is 10.1. The molecule has 0 spiro atoms. The zero-order chi connectivity index (χ0) is 23.6. The molecule has 0 radical (unpaired) electrons. The van der Waals surface area contributed by atoms with E-state index in [1.165, 1.54) is 24.7 Å². The lowest BCUT2D eigenvalue weighted by Crippen LogP contribution is -2.25. The molecule has 1 aliphatic heterocycles. The molecule has 3 heterocycles. The first kappa shape index (κ1) is 25.8. The topological polar surface area (TPSA) is 94.0 Å². The molecule has 0 saturated carbocycles. The first-order chi connectivity index (χ1) is 15.7. The van der Waals surface area contributed by atoms with Crippen molar-refractivity contribution in [1.29, 1.82) is 0 Å². The minimum atomic E-state index is -4.59. The zero-order valence-electron chi connectivity index (χ0n) is 18.0. The van der Waals surface area contributed by atoms with E-state index in [2.05, 4.69) is 25.6 Å². The molecule has 3 aromatic rings. The van der Waals surface area contributed by atoms with Crippen molar-refractivity contribution in [3.8, 4) is 5.82 Å². The summed E-state index contributed by atoms with van der Waals surface area (Å²) < 4.78 is 46.7. The minimum absolute atomic E-state index is 0. The van der Waals surface area contributed by atoms with Crippen molar-refractivity contribution in [2.75, 3.05) is 18.5 Å². The third-order valence-corrected chi connectivity index (χ3v) is 5.47. The standard InChI is InChI=1S/C21H20ClF3N6O2.H2S/c1-12-7-27-20(29-13-5-6-33-10-13)30-18(12)31-9-17(28-11-31)19(32)26-8-14-15(21(23,24)25)3-2-4-16(14)22;/h2-4,7,9,11,13H,5-6,8,10H2,1H3,(H,26,32)(H,27,29,30);1H2. The van der Waals surface area contributed by atoms with E-state index in [0.29, 0.717) is 25.0 Å². The van der Waals surface area contributed by atoms with E-state index in [0.717, 1.165) is 18.1 Å². The zero-order valence-corrected chi connectivity index (χ0v) is 19.7. The Balaban J connectivity index is 0.00000324. The van der Waals surface area contributed by atoms with Crippen LogP contribution in [0, 0.1) is 6.92 Å². The Bertz CT molecular complexity index is 1170. The van der Waals surface area contributed by atoms with Crippen LogP contribution in [0.5, 0.6) is 0 Å². The summed E-state index contributed by atoms with van der Waals surface area (Å²) in [5.41, 5.74) is -0.339. The van der Waals surface area contributed by atoms with E-state index in [1.54, 1.807) is 10.8 Å². The summed E-state index contributed by atoms with van der Waals surface area (Å²) in [6.07, 6.45) is 0.765. The number of nitrogens with one attached hydrogen (secondary N) is 2. The average Bonchev–Trinajstić information content (AvgIpc) is 3.45. The van der Waals surface area contributed by atoms with Crippen LogP contribution >= 0.6 is 25.1 Å². The molecule has 1 fully saturated rings. The first-order valence-corrected chi connectivity index (χ1v) is 10.4. The highest BCUT2D eigenvalue weighted by atomic mass is 35.5. The molecule has 2 N–H and O–H groups in total. The molecule has 34 heavy (non-hydrogen) atoms. The van der Waals surface area contributed by atoms with Crippen molar-refractivity contribution in [3.05, 3.63) is 64.3 Å². The predicted octanol–water partition coefficient (Wildman–Crippen LogP) is 3.89. The molecule has 0 aliphatic carbocycles. The molecule has 4 rings (SSSR count). The lowest BCUT2D eigenvalue weighted by Gasteiger charge is -2.14. The van der Waals surface area contributed by atoms with Crippen LogP contribution in [0.15, 0.2) is 36.9 Å². The number of imidazole rings is 1. The number of hydrogen-bond acceptors (Lipinski definition) is 6. The van der Waals surface area contributed by atoms with E-state index in [4.69, 9.17) is 16.3 Å². The molecule has 1 aromatic carbocycles. The van der Waals surface area contributed by atoms with Gasteiger partial charge in [0.1, 0.15) is 17.8 Å². The molecule has 13 heteroatoms. The van der Waals surface area contributed by atoms with Crippen LogP contribution in [-0.4, -0.2) is 44.7 Å². The van der Waals surface area contributed by atoms with Crippen LogP contribution in [0.2, 0.25) is 5.02 Å². The highest BCUT2D eigenvalue weighted by molar-refractivity contribution is 7.59. The molecule has 0 bridgehead atoms. The fourth-order valence-corrected chi connectivity index (χ4v) is 3.66. The molecule has 1 saturated heterocycles. The van der Waals surface area contributed by atoms with Gasteiger partial charge in [0, 0.05) is 41.7 Å². The van der Waals surface area contributed by atoms with Gasteiger partial charge in [-0.25, -0.2) is 9.97 Å². The molecule has 1 aliphatic rings. The van der Waals surface area contributed by atoms with Crippen LogP contribution < -0.4 is 10.6 Å². The van der Waals surface area contributed by atoms with Gasteiger partial charge >= 0.3 is 6.18 Å². The fourth-order valence-electron chi connectivity index (χ4n) is 3.41. The third kappa shape index (κ3) is 5.80. The Morgan fingerprint density at radius 2 is 2.12 bits per heavy atom. The Kier molecular flexibility index (Phi) is 8.05. The van der Waals surface area contributed by atoms with E-state index >= 15 is 0 Å². The van der Waals surface area contributed by atoms with E-state index in [1.807, 2.05) is 6.92 Å². The summed E-state index contributed by atoms with van der Waals surface area (Å²) in [4.78, 5) is 25.4. The van der Waals surface area contributed by atoms with Gasteiger partial charge in [0.25, 0.3) is 5.91 Å². The van der Waals surface area contributed by atoms with Gasteiger partial charge in [0.2, 0.25) is 5.95 Å². The second-order valence-corrected chi connectivity index (χ2v) is 7.92. The molecule has 182 valence electrons. The van der Waals surface area contributed by atoms with Gasteiger partial charge in [0.05, 0.1) is 18.2 Å². The van der Waals surface area contributed by atoms with Crippen LogP contribution in [0.1, 0.15) is 33.6 Å². The van der Waals surface area contributed by atoms with Crippen molar-refractivity contribution in [2.24, 2.45) is 0 Å². The number of benzene rings is 1. The number of aryl methyl sites for hydroxylation is 1. The summed E-state index contributed by atoms with van der Waals surface area (Å²) >= 11 is 5.94. The van der Waals surface area contributed by atoms with Crippen LogP contribution in [0.3, 0.4) is 0 Å². The summed E-state index contributed by atoms with van der Waals surface area (Å²) in [5.74, 6) is 0.294. The van der Waals surface area contributed by atoms with Crippen molar-refractivity contribution >= 4 is 37.0 Å². The molecular weight excluding hydrogens is 493 g/mol. The van der Waals surface area contributed by atoms with Gasteiger partial charge in [-0.05, 0) is 25.5 Å². The Hall–Kier alpha value is -2.83. The van der Waals surface area contributed by atoms with Crippen molar-refractivity contribution in [3.63, 3.8) is 0 Å².